The highest BCUT2D eigenvalue weighted by Crippen LogP contribution is 2.09. The van der Waals surface area contributed by atoms with Crippen LogP contribution in [0.15, 0.2) is 154 Å². The number of allylic oxidation sites excluding steroid dienone is 26. The molecule has 1 nitrogen and oxygen atoms in total. The van der Waals surface area contributed by atoms with E-state index >= 15 is 0 Å². The highest BCUT2D eigenvalue weighted by molar-refractivity contribution is 5.78. The van der Waals surface area contributed by atoms with E-state index in [4.69, 9.17) is 0 Å². The molecule has 220 valence electrons. The summed E-state index contributed by atoms with van der Waals surface area (Å²) < 4.78 is 0. The zero-order chi connectivity index (χ0) is 30.9. The molecular weight excluding hydrogens is 496 g/mol. The van der Waals surface area contributed by atoms with Gasteiger partial charge < -0.3 is 0 Å². The Labute approximate surface area is 252 Å². The topological polar surface area (TPSA) is 17.1 Å². The van der Waals surface area contributed by atoms with Crippen molar-refractivity contribution in [2.75, 3.05) is 0 Å². The van der Waals surface area contributed by atoms with E-state index < -0.39 is 0 Å². The van der Waals surface area contributed by atoms with Crippen molar-refractivity contribution >= 4 is 6.29 Å². The lowest BCUT2D eigenvalue weighted by Gasteiger charge is -1.96. The van der Waals surface area contributed by atoms with Crippen molar-refractivity contribution in [2.45, 2.75) is 88.0 Å². The third kappa shape index (κ3) is 25.0. The van der Waals surface area contributed by atoms with Crippen LogP contribution in [-0.2, 0) is 4.79 Å². The van der Waals surface area contributed by atoms with Crippen LogP contribution in [0.3, 0.4) is 0 Å². The third-order valence-corrected chi connectivity index (χ3v) is 5.92. The summed E-state index contributed by atoms with van der Waals surface area (Å²) in [6.45, 7) is 19.1. The molecule has 0 aliphatic rings. The van der Waals surface area contributed by atoms with Crippen molar-refractivity contribution in [3.63, 3.8) is 0 Å². The predicted octanol–water partition coefficient (Wildman–Crippen LogP) is 12.1. The molecule has 0 aromatic rings. The average Bonchev–Trinajstić information content (AvgIpc) is 2.89. The predicted molar refractivity (Wildman–Crippen MR) is 186 cm³/mol. The van der Waals surface area contributed by atoms with Gasteiger partial charge in [0, 0.05) is 5.57 Å². The molecule has 0 N–H and O–H groups in total. The highest BCUT2D eigenvalue weighted by atomic mass is 16.1. The first-order valence-electron chi connectivity index (χ1n) is 14.7. The zero-order valence-corrected chi connectivity index (χ0v) is 27.2. The van der Waals surface area contributed by atoms with Gasteiger partial charge in [-0.15, -0.1) is 0 Å². The molecule has 0 heterocycles. The van der Waals surface area contributed by atoms with Crippen LogP contribution in [0.5, 0.6) is 0 Å². The summed E-state index contributed by atoms with van der Waals surface area (Å²) in [6.07, 6.45) is 42.3. The molecule has 0 aliphatic carbocycles. The van der Waals surface area contributed by atoms with Gasteiger partial charge in [-0.25, -0.2) is 0 Å². The maximum Gasteiger partial charge on any atom is 0.150 e. The van der Waals surface area contributed by atoms with Crippen LogP contribution in [-0.4, -0.2) is 6.29 Å². The SMILES string of the molecule is CC(C)=CCCC(C)=CC=CC(C)=CC=CC(C)=CC=CC=C(C)C=CC=C(C=O)C=CC=C(C)CCC=C(C)C. The first kappa shape index (κ1) is 37.3. The zero-order valence-electron chi connectivity index (χ0n) is 27.2. The Morgan fingerprint density at radius 2 is 0.805 bits per heavy atom. The van der Waals surface area contributed by atoms with Gasteiger partial charge in [-0.1, -0.05) is 148 Å². The van der Waals surface area contributed by atoms with Gasteiger partial charge in [0.15, 0.2) is 0 Å². The van der Waals surface area contributed by atoms with Crippen LogP contribution in [0, 0.1) is 0 Å². The van der Waals surface area contributed by atoms with E-state index in [0.717, 1.165) is 37.5 Å². The first-order valence-corrected chi connectivity index (χ1v) is 14.7. The van der Waals surface area contributed by atoms with Gasteiger partial charge in [0.2, 0.25) is 0 Å². The lowest BCUT2D eigenvalue weighted by atomic mass is 10.1. The molecule has 0 unspecified atom stereocenters. The molecule has 0 fully saturated rings. The Hall–Kier alpha value is -3.71. The van der Waals surface area contributed by atoms with E-state index in [2.05, 4.69) is 122 Å². The van der Waals surface area contributed by atoms with Crippen molar-refractivity contribution in [2.24, 2.45) is 0 Å². The van der Waals surface area contributed by atoms with Crippen LogP contribution in [0.25, 0.3) is 0 Å². The minimum Gasteiger partial charge on any atom is -0.298 e. The molecular formula is C40H54O. The monoisotopic (exact) mass is 550 g/mol. The summed E-state index contributed by atoms with van der Waals surface area (Å²) in [6, 6.07) is 0. The molecule has 0 amide bonds. The molecule has 1 heteroatoms. The Balaban J connectivity index is 4.83. The molecule has 41 heavy (non-hydrogen) atoms. The second-order valence-corrected chi connectivity index (χ2v) is 11.0. The van der Waals surface area contributed by atoms with E-state index in [1.54, 1.807) is 0 Å². The number of carbonyl (C=O) groups is 1. The first-order chi connectivity index (χ1) is 19.5. The van der Waals surface area contributed by atoms with Crippen LogP contribution in [0.1, 0.15) is 88.0 Å². The molecule has 0 bridgehead atoms. The third-order valence-electron chi connectivity index (χ3n) is 5.92. The highest BCUT2D eigenvalue weighted by Gasteiger charge is 1.90. The van der Waals surface area contributed by atoms with E-state index in [1.807, 2.05) is 49.5 Å². The largest absolute Gasteiger partial charge is 0.298 e. The number of carbonyl (C=O) groups excluding carboxylic acids is 1. The van der Waals surface area contributed by atoms with E-state index in [-0.39, 0.29) is 0 Å². The van der Waals surface area contributed by atoms with Crippen molar-refractivity contribution in [1.82, 2.24) is 0 Å². The number of hydrogen-bond donors (Lipinski definition) is 0. The Morgan fingerprint density at radius 1 is 0.439 bits per heavy atom. The molecule has 0 saturated heterocycles. The molecule has 0 rings (SSSR count). The van der Waals surface area contributed by atoms with E-state index in [0.29, 0.717) is 5.57 Å². The normalized spacial score (nSPS) is 14.9. The van der Waals surface area contributed by atoms with Crippen molar-refractivity contribution < 1.29 is 4.79 Å². The van der Waals surface area contributed by atoms with Crippen molar-refractivity contribution in [3.8, 4) is 0 Å². The Kier molecular flexibility index (Phi) is 21.9. The smallest absolute Gasteiger partial charge is 0.150 e. The fourth-order valence-electron chi connectivity index (χ4n) is 3.41. The quantitative estimate of drug-likeness (QED) is 0.0761. The van der Waals surface area contributed by atoms with E-state index in [1.165, 1.54) is 33.4 Å². The van der Waals surface area contributed by atoms with Gasteiger partial charge in [0.25, 0.3) is 0 Å². The van der Waals surface area contributed by atoms with Crippen molar-refractivity contribution in [3.05, 3.63) is 154 Å². The molecule has 0 aromatic carbocycles. The number of hydrogen-bond acceptors (Lipinski definition) is 1. The number of aldehydes is 1. The fraction of sp³-hybridized carbons (Fsp3) is 0.325. The lowest BCUT2D eigenvalue weighted by molar-refractivity contribution is -0.104. The second-order valence-electron chi connectivity index (χ2n) is 11.0. The Morgan fingerprint density at radius 3 is 1.22 bits per heavy atom. The summed E-state index contributed by atoms with van der Waals surface area (Å²) >= 11 is 0. The second kappa shape index (κ2) is 24.1. The summed E-state index contributed by atoms with van der Waals surface area (Å²) in [5, 5.41) is 0. The van der Waals surface area contributed by atoms with Gasteiger partial charge >= 0.3 is 0 Å². The van der Waals surface area contributed by atoms with Crippen LogP contribution in [0.4, 0.5) is 0 Å². The summed E-state index contributed by atoms with van der Waals surface area (Å²) in [5.74, 6) is 0. The molecule has 0 saturated carbocycles. The van der Waals surface area contributed by atoms with Gasteiger partial charge in [0.05, 0.1) is 0 Å². The molecule has 0 radical (unpaired) electrons. The molecule has 0 aromatic heterocycles. The van der Waals surface area contributed by atoms with Gasteiger partial charge in [-0.05, 0) is 88.0 Å². The summed E-state index contributed by atoms with van der Waals surface area (Å²) in [5.41, 5.74) is 9.56. The standard InChI is InChI=1S/C40H54O/c1-33(2)18-12-22-37(7)25-15-27-39(9)26-14-24-35(5)20-10-11-21-36(6)28-16-30-40(32-41)31-17-29-38(8)23-13-19-34(3)4/h10-11,14-21,24-32H,12-13,22-23H2,1-9H3. The van der Waals surface area contributed by atoms with Crippen LogP contribution >= 0.6 is 0 Å². The van der Waals surface area contributed by atoms with E-state index in [9.17, 15) is 4.79 Å². The van der Waals surface area contributed by atoms with Gasteiger partial charge in [-0.2, -0.15) is 0 Å². The number of rotatable bonds is 17. The van der Waals surface area contributed by atoms with Crippen LogP contribution in [0.2, 0.25) is 0 Å². The van der Waals surface area contributed by atoms with Gasteiger partial charge in [0.1, 0.15) is 6.29 Å². The fourth-order valence-corrected chi connectivity index (χ4v) is 3.41. The minimum atomic E-state index is 0.643. The molecule has 0 spiro atoms. The lowest BCUT2D eigenvalue weighted by Crippen LogP contribution is -1.79. The maximum absolute atomic E-state index is 11.4. The Bertz CT molecular complexity index is 1190. The summed E-state index contributed by atoms with van der Waals surface area (Å²) in [7, 11) is 0. The van der Waals surface area contributed by atoms with Crippen molar-refractivity contribution in [1.29, 1.82) is 0 Å². The minimum absolute atomic E-state index is 0.643. The van der Waals surface area contributed by atoms with Gasteiger partial charge in [-0.3, -0.25) is 4.79 Å². The summed E-state index contributed by atoms with van der Waals surface area (Å²) in [4.78, 5) is 11.4. The van der Waals surface area contributed by atoms with Crippen LogP contribution < -0.4 is 0 Å². The average molecular weight is 551 g/mol. The molecule has 0 aliphatic heterocycles. The molecule has 0 atom stereocenters. The maximum atomic E-state index is 11.4.